The second-order valence-electron chi connectivity index (χ2n) is 7.39. The van der Waals surface area contributed by atoms with Crippen molar-refractivity contribution in [3.8, 4) is 11.5 Å². The molecule has 0 N–H and O–H groups in total. The molecule has 178 valence electrons. The Labute approximate surface area is 199 Å². The molecule has 2 aromatic rings. The van der Waals surface area contributed by atoms with Gasteiger partial charge in [0.2, 0.25) is 0 Å². The summed E-state index contributed by atoms with van der Waals surface area (Å²) in [7, 11) is 1.45. The number of thioether (sulfide) groups is 1. The monoisotopic (exact) mass is 486 g/mol. The minimum atomic E-state index is -0.673. The first-order valence-corrected chi connectivity index (χ1v) is 11.0. The maximum Gasteiger partial charge on any atom is 0.326 e. The molecule has 0 spiro atoms. The van der Waals surface area contributed by atoms with Crippen molar-refractivity contribution in [3.63, 3.8) is 0 Å². The number of methoxy groups -OCH3 is 1. The summed E-state index contributed by atoms with van der Waals surface area (Å²) in [5.74, 6) is -0.586. The van der Waals surface area contributed by atoms with Crippen LogP contribution in [-0.4, -0.2) is 46.7 Å². The van der Waals surface area contributed by atoms with Gasteiger partial charge in [0.25, 0.3) is 16.8 Å². The Bertz CT molecular complexity index is 1160. The smallest absolute Gasteiger partial charge is 0.326 e. The molecule has 0 aliphatic carbocycles. The third-order valence-electron chi connectivity index (χ3n) is 4.58. The lowest BCUT2D eigenvalue weighted by atomic mass is 10.1. The van der Waals surface area contributed by atoms with Crippen LogP contribution < -0.4 is 9.47 Å². The zero-order valence-electron chi connectivity index (χ0n) is 18.7. The molecule has 1 saturated heterocycles. The van der Waals surface area contributed by atoms with Crippen LogP contribution in [0.4, 0.5) is 10.5 Å². The van der Waals surface area contributed by atoms with Gasteiger partial charge in [-0.1, -0.05) is 18.2 Å². The summed E-state index contributed by atoms with van der Waals surface area (Å²) in [5.41, 5.74) is 0.852. The first-order valence-electron chi connectivity index (χ1n) is 10.2. The fourth-order valence-electron chi connectivity index (χ4n) is 3.08. The number of nitrogens with zero attached hydrogens (tertiary/aromatic N) is 2. The van der Waals surface area contributed by atoms with Gasteiger partial charge in [0.1, 0.15) is 13.2 Å². The van der Waals surface area contributed by atoms with E-state index < -0.39 is 28.6 Å². The standard InChI is InChI=1S/C23H22N2O8S/c1-14(2)33-21(26)12-24-22(27)20(34-23(24)28)11-15-8-9-18(31-3)19(10-15)32-13-16-6-4-5-7-17(16)25(29)30/h4-11,14H,12-13H2,1-3H3/b20-11-. The summed E-state index contributed by atoms with van der Waals surface area (Å²) < 4.78 is 16.1. The maximum absolute atomic E-state index is 12.7. The van der Waals surface area contributed by atoms with Gasteiger partial charge in [0, 0.05) is 6.07 Å². The minimum absolute atomic E-state index is 0.0673. The highest BCUT2D eigenvalue weighted by molar-refractivity contribution is 8.18. The van der Waals surface area contributed by atoms with E-state index >= 15 is 0 Å². The van der Waals surface area contributed by atoms with E-state index in [1.54, 1.807) is 50.2 Å². The Kier molecular flexibility index (Phi) is 7.90. The molecule has 2 amide bonds. The van der Waals surface area contributed by atoms with Crippen molar-refractivity contribution < 1.29 is 33.5 Å². The predicted molar refractivity (Wildman–Crippen MR) is 124 cm³/mol. The van der Waals surface area contributed by atoms with Crippen molar-refractivity contribution in [1.29, 1.82) is 0 Å². The first kappa shape index (κ1) is 24.8. The Morgan fingerprint density at radius 2 is 1.91 bits per heavy atom. The number of esters is 1. The number of amides is 2. The number of benzene rings is 2. The van der Waals surface area contributed by atoms with Crippen molar-refractivity contribution in [2.24, 2.45) is 0 Å². The van der Waals surface area contributed by atoms with Gasteiger partial charge in [0.05, 0.1) is 28.6 Å². The minimum Gasteiger partial charge on any atom is -0.493 e. The van der Waals surface area contributed by atoms with E-state index in [-0.39, 0.29) is 23.3 Å². The SMILES string of the molecule is COc1ccc(/C=C2\SC(=O)N(CC(=O)OC(C)C)C2=O)cc1OCc1ccccc1[N+](=O)[O-]. The van der Waals surface area contributed by atoms with Gasteiger partial charge in [-0.15, -0.1) is 0 Å². The zero-order chi connectivity index (χ0) is 24.8. The van der Waals surface area contributed by atoms with Gasteiger partial charge in [-0.2, -0.15) is 0 Å². The summed E-state index contributed by atoms with van der Waals surface area (Å²) in [6, 6.07) is 11.1. The largest absolute Gasteiger partial charge is 0.493 e. The molecule has 0 saturated carbocycles. The Morgan fingerprint density at radius 3 is 2.59 bits per heavy atom. The third kappa shape index (κ3) is 5.93. The molecular weight excluding hydrogens is 464 g/mol. The molecule has 3 rings (SSSR count). The number of carbonyl (C=O) groups is 3. The average Bonchev–Trinajstić information content (AvgIpc) is 3.04. The van der Waals surface area contributed by atoms with E-state index in [2.05, 4.69) is 0 Å². The van der Waals surface area contributed by atoms with Crippen LogP contribution in [0.5, 0.6) is 11.5 Å². The highest BCUT2D eigenvalue weighted by Crippen LogP contribution is 2.35. The van der Waals surface area contributed by atoms with Crippen LogP contribution in [0, 0.1) is 10.1 Å². The van der Waals surface area contributed by atoms with Crippen LogP contribution in [-0.2, 0) is 20.9 Å². The van der Waals surface area contributed by atoms with Crippen molar-refractivity contribution in [3.05, 3.63) is 68.6 Å². The third-order valence-corrected chi connectivity index (χ3v) is 5.49. The topological polar surface area (TPSA) is 125 Å². The molecule has 10 nitrogen and oxygen atoms in total. The molecule has 1 heterocycles. The zero-order valence-corrected chi connectivity index (χ0v) is 19.5. The Hall–Kier alpha value is -3.86. The van der Waals surface area contributed by atoms with Crippen LogP contribution in [0.3, 0.4) is 0 Å². The molecule has 34 heavy (non-hydrogen) atoms. The quantitative estimate of drug-likeness (QED) is 0.222. The second kappa shape index (κ2) is 10.8. The van der Waals surface area contributed by atoms with Crippen molar-refractivity contribution >= 4 is 40.6 Å². The number of rotatable bonds is 9. The maximum atomic E-state index is 12.7. The lowest BCUT2D eigenvalue weighted by molar-refractivity contribution is -0.385. The number of hydrogen-bond donors (Lipinski definition) is 0. The highest BCUT2D eigenvalue weighted by Gasteiger charge is 2.36. The molecule has 11 heteroatoms. The van der Waals surface area contributed by atoms with Gasteiger partial charge in [0.15, 0.2) is 11.5 Å². The molecule has 1 fully saturated rings. The van der Waals surface area contributed by atoms with E-state index in [0.717, 1.165) is 4.90 Å². The molecule has 0 bridgehead atoms. The molecular formula is C23H22N2O8S. The number of nitro groups is 1. The van der Waals surface area contributed by atoms with E-state index in [0.29, 0.717) is 34.4 Å². The first-order chi connectivity index (χ1) is 16.2. The summed E-state index contributed by atoms with van der Waals surface area (Å²) in [6.07, 6.45) is 1.13. The fourth-order valence-corrected chi connectivity index (χ4v) is 3.92. The molecule has 1 aliphatic heterocycles. The number of ether oxygens (including phenoxy) is 3. The van der Waals surface area contributed by atoms with Crippen molar-refractivity contribution in [1.82, 2.24) is 4.90 Å². The molecule has 2 aromatic carbocycles. The van der Waals surface area contributed by atoms with Crippen LogP contribution >= 0.6 is 11.8 Å². The molecule has 1 aliphatic rings. The molecule has 0 atom stereocenters. The van der Waals surface area contributed by atoms with Gasteiger partial charge >= 0.3 is 5.97 Å². The number of carbonyl (C=O) groups excluding carboxylic acids is 3. The van der Waals surface area contributed by atoms with E-state index in [1.807, 2.05) is 0 Å². The van der Waals surface area contributed by atoms with E-state index in [4.69, 9.17) is 14.2 Å². The molecule has 0 radical (unpaired) electrons. The van der Waals surface area contributed by atoms with Crippen molar-refractivity contribution in [2.75, 3.05) is 13.7 Å². The van der Waals surface area contributed by atoms with Crippen LogP contribution in [0.15, 0.2) is 47.4 Å². The lowest BCUT2D eigenvalue weighted by Crippen LogP contribution is -2.35. The summed E-state index contributed by atoms with van der Waals surface area (Å²) in [4.78, 5) is 48.5. The van der Waals surface area contributed by atoms with Gasteiger partial charge in [-0.3, -0.25) is 29.4 Å². The molecule has 0 aromatic heterocycles. The lowest BCUT2D eigenvalue weighted by Gasteiger charge is -2.13. The number of imide groups is 1. The predicted octanol–water partition coefficient (Wildman–Crippen LogP) is 4.17. The average molecular weight is 487 g/mol. The Balaban J connectivity index is 1.79. The van der Waals surface area contributed by atoms with E-state index in [9.17, 15) is 24.5 Å². The molecule has 0 unspecified atom stereocenters. The summed E-state index contributed by atoms with van der Waals surface area (Å²) >= 11 is 0.712. The highest BCUT2D eigenvalue weighted by atomic mass is 32.2. The number of nitro benzene ring substituents is 1. The van der Waals surface area contributed by atoms with Crippen LogP contribution in [0.1, 0.15) is 25.0 Å². The fraction of sp³-hybridized carbons (Fsp3) is 0.261. The normalized spacial score (nSPS) is 14.6. The number of para-hydroxylation sites is 1. The van der Waals surface area contributed by atoms with Crippen molar-refractivity contribution in [2.45, 2.75) is 26.6 Å². The van der Waals surface area contributed by atoms with Gasteiger partial charge in [-0.25, -0.2) is 0 Å². The van der Waals surface area contributed by atoms with Gasteiger partial charge < -0.3 is 14.2 Å². The Morgan fingerprint density at radius 1 is 1.18 bits per heavy atom. The van der Waals surface area contributed by atoms with Gasteiger partial charge in [-0.05, 0) is 55.4 Å². The van der Waals surface area contributed by atoms with Crippen LogP contribution in [0.2, 0.25) is 0 Å². The second-order valence-corrected chi connectivity index (χ2v) is 8.38. The van der Waals surface area contributed by atoms with E-state index in [1.165, 1.54) is 19.3 Å². The number of hydrogen-bond acceptors (Lipinski definition) is 9. The van der Waals surface area contributed by atoms with Crippen LogP contribution in [0.25, 0.3) is 6.08 Å². The summed E-state index contributed by atoms with van der Waals surface area (Å²) in [5, 5.41) is 10.7. The summed E-state index contributed by atoms with van der Waals surface area (Å²) in [6.45, 7) is 2.80.